The zero-order valence-electron chi connectivity index (χ0n) is 10.5. The highest BCUT2D eigenvalue weighted by Crippen LogP contribution is 2.26. The lowest BCUT2D eigenvalue weighted by Crippen LogP contribution is -2.38. The van der Waals surface area contributed by atoms with E-state index in [0.717, 1.165) is 9.13 Å². The lowest BCUT2D eigenvalue weighted by molar-refractivity contribution is 0.00470. The maximum atomic E-state index is 12.9. The molecule has 0 aliphatic heterocycles. The van der Waals surface area contributed by atoms with E-state index in [9.17, 15) is 9.18 Å². The van der Waals surface area contributed by atoms with Crippen LogP contribution in [0, 0.1) is 15.4 Å². The van der Waals surface area contributed by atoms with E-state index in [1.54, 1.807) is 13.8 Å². The van der Waals surface area contributed by atoms with Crippen molar-refractivity contribution in [1.82, 2.24) is 4.98 Å². The van der Waals surface area contributed by atoms with Gasteiger partial charge < -0.3 is 10.5 Å². The van der Waals surface area contributed by atoms with Gasteiger partial charge in [0, 0.05) is 15.8 Å². The van der Waals surface area contributed by atoms with E-state index >= 15 is 0 Å². The average molecular weight is 366 g/mol. The number of ether oxygens (including phenoxy) is 1. The van der Waals surface area contributed by atoms with E-state index in [4.69, 9.17) is 10.5 Å². The predicted octanol–water partition coefficient (Wildman–Crippen LogP) is 2.88. The molecule has 1 aromatic rings. The molecular formula is C12H16FIN2O2. The molecule has 1 heterocycles. The summed E-state index contributed by atoms with van der Waals surface area (Å²) in [6, 6.07) is 1.38. The molecule has 4 nitrogen and oxygen atoms in total. The Bertz CT molecular complexity index is 452. The van der Waals surface area contributed by atoms with Crippen molar-refractivity contribution in [3.05, 3.63) is 27.3 Å². The summed E-state index contributed by atoms with van der Waals surface area (Å²) in [6.07, 6.45) is 1.35. The van der Waals surface area contributed by atoms with Crippen LogP contribution in [-0.4, -0.2) is 16.7 Å². The summed E-state index contributed by atoms with van der Waals surface area (Å²) < 4.78 is 18.8. The maximum absolute atomic E-state index is 12.9. The second-order valence-corrected chi connectivity index (χ2v) is 5.89. The third kappa shape index (κ3) is 4.08. The first kappa shape index (κ1) is 15.1. The maximum Gasteiger partial charge on any atom is 0.405 e. The van der Waals surface area contributed by atoms with Crippen LogP contribution >= 0.6 is 22.6 Å². The van der Waals surface area contributed by atoms with Crippen LogP contribution < -0.4 is 5.73 Å². The Morgan fingerprint density at radius 2 is 2.28 bits per heavy atom. The molecule has 0 saturated heterocycles. The van der Waals surface area contributed by atoms with E-state index in [-0.39, 0.29) is 5.92 Å². The van der Waals surface area contributed by atoms with Crippen molar-refractivity contribution in [1.29, 1.82) is 0 Å². The second kappa shape index (κ2) is 5.81. The summed E-state index contributed by atoms with van der Waals surface area (Å²) >= 11 is 2.06. The highest BCUT2D eigenvalue weighted by atomic mass is 127. The molecule has 2 N–H and O–H groups in total. The van der Waals surface area contributed by atoms with Crippen LogP contribution in [0.4, 0.5) is 9.18 Å². The van der Waals surface area contributed by atoms with E-state index in [2.05, 4.69) is 27.6 Å². The normalized spacial score (nSPS) is 13.2. The standard InChI is InChI=1S/C12H16FIN2O2/c1-7(12(2,3)18-11(15)17)4-8-6-16-10(13)5-9(8)14/h5-7H,4H2,1-3H3,(H2,15,17). The molecule has 0 spiro atoms. The molecule has 6 heteroatoms. The molecule has 1 rings (SSSR count). The largest absolute Gasteiger partial charge is 0.443 e. The monoisotopic (exact) mass is 366 g/mol. The van der Waals surface area contributed by atoms with E-state index in [1.165, 1.54) is 12.3 Å². The Balaban J connectivity index is 2.80. The molecule has 0 bridgehead atoms. The highest BCUT2D eigenvalue weighted by molar-refractivity contribution is 14.1. The first-order valence-electron chi connectivity index (χ1n) is 5.50. The Kier molecular flexibility index (Phi) is 4.89. The molecule has 0 fully saturated rings. The van der Waals surface area contributed by atoms with Crippen molar-refractivity contribution in [3.63, 3.8) is 0 Å². The minimum absolute atomic E-state index is 0.0331. The van der Waals surface area contributed by atoms with E-state index in [0.29, 0.717) is 6.42 Å². The van der Waals surface area contributed by atoms with Crippen molar-refractivity contribution in [3.8, 4) is 0 Å². The Labute approximate surface area is 119 Å². The number of nitrogens with two attached hydrogens (primary N) is 1. The molecule has 100 valence electrons. The number of carbonyl (C=O) groups is 1. The van der Waals surface area contributed by atoms with Crippen LogP contribution in [0.2, 0.25) is 0 Å². The van der Waals surface area contributed by atoms with E-state index < -0.39 is 17.6 Å². The smallest absolute Gasteiger partial charge is 0.405 e. The molecular weight excluding hydrogens is 350 g/mol. The van der Waals surface area contributed by atoms with Gasteiger partial charge in [-0.25, -0.2) is 9.78 Å². The lowest BCUT2D eigenvalue weighted by atomic mass is 9.87. The van der Waals surface area contributed by atoms with E-state index in [1.807, 2.05) is 6.92 Å². The SMILES string of the molecule is CC(Cc1cnc(F)cc1I)C(C)(C)OC(N)=O. The number of amides is 1. The number of pyridine rings is 1. The van der Waals surface area contributed by atoms with Crippen LogP contribution in [-0.2, 0) is 11.2 Å². The molecule has 0 saturated carbocycles. The highest BCUT2D eigenvalue weighted by Gasteiger charge is 2.30. The van der Waals surface area contributed by atoms with Gasteiger partial charge in [0.15, 0.2) is 0 Å². The van der Waals surface area contributed by atoms with Crippen molar-refractivity contribution in [2.45, 2.75) is 32.8 Å². The molecule has 1 amide bonds. The zero-order valence-corrected chi connectivity index (χ0v) is 12.7. The summed E-state index contributed by atoms with van der Waals surface area (Å²) in [4.78, 5) is 14.5. The fourth-order valence-electron chi connectivity index (χ4n) is 1.52. The van der Waals surface area contributed by atoms with Gasteiger partial charge >= 0.3 is 6.09 Å². The van der Waals surface area contributed by atoms with Crippen molar-refractivity contribution in [2.24, 2.45) is 11.7 Å². The predicted molar refractivity (Wildman–Crippen MR) is 74.5 cm³/mol. The van der Waals surface area contributed by atoms with Gasteiger partial charge in [0.25, 0.3) is 0 Å². The molecule has 0 radical (unpaired) electrons. The number of hydrogen-bond donors (Lipinski definition) is 1. The summed E-state index contributed by atoms with van der Waals surface area (Å²) in [6.45, 7) is 5.54. The van der Waals surface area contributed by atoms with Crippen LogP contribution in [0.15, 0.2) is 12.3 Å². The van der Waals surface area contributed by atoms with Crippen molar-refractivity contribution < 1.29 is 13.9 Å². The molecule has 1 unspecified atom stereocenters. The molecule has 0 aliphatic rings. The number of carbonyl (C=O) groups excluding carboxylic acids is 1. The van der Waals surface area contributed by atoms with Gasteiger partial charge in [0.05, 0.1) is 0 Å². The Hall–Kier alpha value is -0.920. The summed E-state index contributed by atoms with van der Waals surface area (Å²) in [5, 5.41) is 0. The number of rotatable bonds is 4. The summed E-state index contributed by atoms with van der Waals surface area (Å²) in [7, 11) is 0. The van der Waals surface area contributed by atoms with Crippen molar-refractivity contribution >= 4 is 28.7 Å². The number of hydrogen-bond acceptors (Lipinski definition) is 3. The Morgan fingerprint density at radius 3 is 2.78 bits per heavy atom. The van der Waals surface area contributed by atoms with Gasteiger partial charge in [0.1, 0.15) is 5.60 Å². The molecule has 18 heavy (non-hydrogen) atoms. The van der Waals surface area contributed by atoms with Crippen LogP contribution in [0.3, 0.4) is 0 Å². The zero-order chi connectivity index (χ0) is 13.9. The minimum Gasteiger partial charge on any atom is -0.443 e. The van der Waals surface area contributed by atoms with Gasteiger partial charge in [-0.3, -0.25) is 0 Å². The van der Waals surface area contributed by atoms with Crippen molar-refractivity contribution in [2.75, 3.05) is 0 Å². The first-order chi connectivity index (χ1) is 8.22. The summed E-state index contributed by atoms with van der Waals surface area (Å²) in [5.74, 6) is -0.464. The molecule has 0 aliphatic carbocycles. The first-order valence-corrected chi connectivity index (χ1v) is 6.58. The molecule has 1 aromatic heterocycles. The third-order valence-electron chi connectivity index (χ3n) is 2.97. The van der Waals surface area contributed by atoms with Gasteiger partial charge in [-0.05, 0) is 54.3 Å². The van der Waals surface area contributed by atoms with Gasteiger partial charge in [-0.15, -0.1) is 0 Å². The topological polar surface area (TPSA) is 65.2 Å². The van der Waals surface area contributed by atoms with Gasteiger partial charge in [0.2, 0.25) is 5.95 Å². The number of nitrogens with zero attached hydrogens (tertiary/aromatic N) is 1. The second-order valence-electron chi connectivity index (χ2n) is 4.73. The van der Waals surface area contributed by atoms with Gasteiger partial charge in [-0.1, -0.05) is 6.92 Å². The molecule has 1 atom stereocenters. The molecule has 0 aromatic carbocycles. The minimum atomic E-state index is -0.793. The fourth-order valence-corrected chi connectivity index (χ4v) is 2.14. The van der Waals surface area contributed by atoms with Crippen LogP contribution in [0.25, 0.3) is 0 Å². The summed E-state index contributed by atoms with van der Waals surface area (Å²) in [5.41, 5.74) is 5.28. The lowest BCUT2D eigenvalue weighted by Gasteiger charge is -2.31. The average Bonchev–Trinajstić information content (AvgIpc) is 2.20. The quantitative estimate of drug-likeness (QED) is 0.658. The third-order valence-corrected chi connectivity index (χ3v) is 3.98. The fraction of sp³-hybridized carbons (Fsp3) is 0.500. The number of halogens is 2. The van der Waals surface area contributed by atoms with Crippen LogP contribution in [0.1, 0.15) is 26.3 Å². The number of primary amides is 1. The van der Waals surface area contributed by atoms with Crippen LogP contribution in [0.5, 0.6) is 0 Å². The van der Waals surface area contributed by atoms with Gasteiger partial charge in [-0.2, -0.15) is 4.39 Å². The Morgan fingerprint density at radius 1 is 1.67 bits per heavy atom. The number of aromatic nitrogens is 1.